The van der Waals surface area contributed by atoms with Crippen molar-refractivity contribution >= 4 is 11.7 Å². The van der Waals surface area contributed by atoms with Crippen molar-refractivity contribution < 1.29 is 4.79 Å². The van der Waals surface area contributed by atoms with E-state index in [9.17, 15) is 4.79 Å². The zero-order valence-corrected chi connectivity index (χ0v) is 16.0. The molecule has 0 unspecified atom stereocenters. The molecule has 1 N–H and O–H groups in total. The van der Waals surface area contributed by atoms with Gasteiger partial charge in [-0.1, -0.05) is 25.1 Å². The summed E-state index contributed by atoms with van der Waals surface area (Å²) in [5.74, 6) is 0.534. The number of anilines is 1. The number of carbonyl (C=O) groups excluding carboxylic acids is 1. The topological polar surface area (TPSA) is 63.1 Å². The maximum atomic E-state index is 12.4. The molecule has 1 atom stereocenters. The second kappa shape index (κ2) is 8.60. The maximum Gasteiger partial charge on any atom is 0.256 e. The second-order valence-corrected chi connectivity index (χ2v) is 6.62. The fraction of sp³-hybridized carbons (Fsp3) is 0.286. The SMILES string of the molecule is CC[C@@H](c1cccnc1)N(C)Cc1ccc(C(=O)Nc2ccnn2C)cc1. The van der Waals surface area contributed by atoms with Gasteiger partial charge in [-0.2, -0.15) is 5.10 Å². The Morgan fingerprint density at radius 1 is 1.19 bits per heavy atom. The summed E-state index contributed by atoms with van der Waals surface area (Å²) in [5.41, 5.74) is 3.01. The molecule has 2 heterocycles. The van der Waals surface area contributed by atoms with Crippen molar-refractivity contribution in [3.63, 3.8) is 0 Å². The summed E-state index contributed by atoms with van der Waals surface area (Å²) in [7, 11) is 3.91. The Labute approximate surface area is 159 Å². The van der Waals surface area contributed by atoms with Gasteiger partial charge in [-0.3, -0.25) is 19.4 Å². The number of nitrogens with one attached hydrogen (secondary N) is 1. The first-order valence-electron chi connectivity index (χ1n) is 9.07. The van der Waals surface area contributed by atoms with Gasteiger partial charge in [-0.25, -0.2) is 0 Å². The summed E-state index contributed by atoms with van der Waals surface area (Å²) in [6.45, 7) is 2.98. The number of hydrogen-bond donors (Lipinski definition) is 1. The number of carbonyl (C=O) groups is 1. The molecular weight excluding hydrogens is 338 g/mol. The number of aromatic nitrogens is 3. The van der Waals surface area contributed by atoms with Crippen molar-refractivity contribution in [2.75, 3.05) is 12.4 Å². The summed E-state index contributed by atoms with van der Waals surface area (Å²) in [4.78, 5) is 18.9. The van der Waals surface area contributed by atoms with Gasteiger partial charge in [0, 0.05) is 43.7 Å². The van der Waals surface area contributed by atoms with Crippen LogP contribution in [0.5, 0.6) is 0 Å². The van der Waals surface area contributed by atoms with Crippen molar-refractivity contribution in [1.29, 1.82) is 0 Å². The molecule has 6 heteroatoms. The zero-order valence-electron chi connectivity index (χ0n) is 16.0. The minimum atomic E-state index is -0.139. The van der Waals surface area contributed by atoms with E-state index in [1.54, 1.807) is 30.2 Å². The fourth-order valence-electron chi connectivity index (χ4n) is 3.22. The van der Waals surface area contributed by atoms with E-state index in [4.69, 9.17) is 0 Å². The molecule has 0 aliphatic heterocycles. The van der Waals surface area contributed by atoms with Gasteiger partial charge in [0.05, 0.1) is 6.20 Å². The molecule has 0 bridgehead atoms. The lowest BCUT2D eigenvalue weighted by Crippen LogP contribution is -2.24. The molecule has 0 aliphatic rings. The highest BCUT2D eigenvalue weighted by molar-refractivity contribution is 6.03. The monoisotopic (exact) mass is 363 g/mol. The molecule has 1 amide bonds. The molecule has 0 spiro atoms. The summed E-state index contributed by atoms with van der Waals surface area (Å²) in [6.07, 6.45) is 6.39. The van der Waals surface area contributed by atoms with Crippen LogP contribution in [0.2, 0.25) is 0 Å². The molecule has 0 radical (unpaired) electrons. The van der Waals surface area contributed by atoms with Gasteiger partial charge in [0.2, 0.25) is 0 Å². The first-order chi connectivity index (χ1) is 13.1. The molecule has 0 aliphatic carbocycles. The van der Waals surface area contributed by atoms with Crippen molar-refractivity contribution in [3.05, 3.63) is 77.7 Å². The van der Waals surface area contributed by atoms with Gasteiger partial charge in [0.1, 0.15) is 5.82 Å². The summed E-state index contributed by atoms with van der Waals surface area (Å²) in [6, 6.07) is 13.9. The lowest BCUT2D eigenvalue weighted by molar-refractivity contribution is 0.102. The van der Waals surface area contributed by atoms with Crippen molar-refractivity contribution in [2.24, 2.45) is 7.05 Å². The molecule has 140 valence electrons. The summed E-state index contributed by atoms with van der Waals surface area (Å²) >= 11 is 0. The Bertz CT molecular complexity index is 873. The minimum Gasteiger partial charge on any atom is -0.307 e. The molecule has 3 aromatic rings. The normalized spacial score (nSPS) is 12.1. The van der Waals surface area contributed by atoms with Gasteiger partial charge in [0.25, 0.3) is 5.91 Å². The average Bonchev–Trinajstić information content (AvgIpc) is 3.08. The Morgan fingerprint density at radius 2 is 1.96 bits per heavy atom. The van der Waals surface area contributed by atoms with E-state index in [0.717, 1.165) is 18.5 Å². The van der Waals surface area contributed by atoms with E-state index >= 15 is 0 Å². The van der Waals surface area contributed by atoms with E-state index in [1.807, 2.05) is 36.5 Å². The average molecular weight is 363 g/mol. The maximum absolute atomic E-state index is 12.4. The van der Waals surface area contributed by atoms with Crippen LogP contribution in [0.4, 0.5) is 5.82 Å². The van der Waals surface area contributed by atoms with Gasteiger partial charge in [-0.05, 0) is 42.8 Å². The molecule has 0 fully saturated rings. The summed E-state index contributed by atoms with van der Waals surface area (Å²) < 4.78 is 1.63. The molecule has 1 aromatic carbocycles. The van der Waals surface area contributed by atoms with Gasteiger partial charge < -0.3 is 5.32 Å². The van der Waals surface area contributed by atoms with Crippen LogP contribution in [0.1, 0.15) is 40.9 Å². The molecule has 0 saturated heterocycles. The number of benzene rings is 1. The quantitative estimate of drug-likeness (QED) is 0.696. The van der Waals surface area contributed by atoms with Gasteiger partial charge in [0.15, 0.2) is 0 Å². The predicted molar refractivity (Wildman–Crippen MR) is 106 cm³/mol. The number of amides is 1. The van der Waals surface area contributed by atoms with Gasteiger partial charge in [-0.15, -0.1) is 0 Å². The van der Waals surface area contributed by atoms with Crippen LogP contribution in [0, 0.1) is 0 Å². The molecule has 27 heavy (non-hydrogen) atoms. The number of pyridine rings is 1. The van der Waals surface area contributed by atoms with E-state index in [0.29, 0.717) is 17.4 Å². The van der Waals surface area contributed by atoms with E-state index in [-0.39, 0.29) is 5.91 Å². The summed E-state index contributed by atoms with van der Waals surface area (Å²) in [5, 5.41) is 6.91. The second-order valence-electron chi connectivity index (χ2n) is 6.62. The van der Waals surface area contributed by atoms with Crippen LogP contribution in [0.15, 0.2) is 61.1 Å². The number of aryl methyl sites for hydroxylation is 1. The van der Waals surface area contributed by atoms with Crippen LogP contribution in [-0.2, 0) is 13.6 Å². The van der Waals surface area contributed by atoms with Crippen LogP contribution >= 0.6 is 0 Å². The highest BCUT2D eigenvalue weighted by atomic mass is 16.1. The van der Waals surface area contributed by atoms with Crippen LogP contribution in [0.3, 0.4) is 0 Å². The lowest BCUT2D eigenvalue weighted by Gasteiger charge is -2.27. The molecular formula is C21H25N5O. The Balaban J connectivity index is 1.64. The van der Waals surface area contributed by atoms with E-state index in [2.05, 4.69) is 40.3 Å². The minimum absolute atomic E-state index is 0.139. The smallest absolute Gasteiger partial charge is 0.256 e. The third-order valence-corrected chi connectivity index (χ3v) is 4.70. The standard InChI is InChI=1S/C21H25N5O/c1-4-19(18-6-5-12-22-14-18)25(2)15-16-7-9-17(10-8-16)21(27)24-20-11-13-23-26(20)3/h5-14,19H,4,15H2,1-3H3,(H,24,27)/t19-/m0/s1. The number of rotatable bonds is 7. The highest BCUT2D eigenvalue weighted by Gasteiger charge is 2.16. The van der Waals surface area contributed by atoms with Crippen molar-refractivity contribution in [1.82, 2.24) is 19.7 Å². The first kappa shape index (κ1) is 18.8. The predicted octanol–water partition coefficient (Wildman–Crippen LogP) is 3.65. The molecule has 6 nitrogen and oxygen atoms in total. The Hall–Kier alpha value is -2.99. The Kier molecular flexibility index (Phi) is 5.98. The number of nitrogens with zero attached hydrogens (tertiary/aromatic N) is 4. The molecule has 2 aromatic heterocycles. The van der Waals surface area contributed by atoms with Crippen LogP contribution < -0.4 is 5.32 Å². The zero-order chi connectivity index (χ0) is 19.2. The third kappa shape index (κ3) is 4.60. The van der Waals surface area contributed by atoms with Crippen molar-refractivity contribution in [3.8, 4) is 0 Å². The van der Waals surface area contributed by atoms with Crippen LogP contribution in [0.25, 0.3) is 0 Å². The lowest BCUT2D eigenvalue weighted by atomic mass is 10.0. The third-order valence-electron chi connectivity index (χ3n) is 4.70. The first-order valence-corrected chi connectivity index (χ1v) is 9.07. The van der Waals surface area contributed by atoms with E-state index < -0.39 is 0 Å². The molecule has 0 saturated carbocycles. The van der Waals surface area contributed by atoms with E-state index in [1.165, 1.54) is 5.56 Å². The van der Waals surface area contributed by atoms with Crippen molar-refractivity contribution in [2.45, 2.75) is 25.9 Å². The molecule has 3 rings (SSSR count). The Morgan fingerprint density at radius 3 is 2.56 bits per heavy atom. The fourth-order valence-corrected chi connectivity index (χ4v) is 3.22. The largest absolute Gasteiger partial charge is 0.307 e. The van der Waals surface area contributed by atoms with Crippen LogP contribution in [-0.4, -0.2) is 32.6 Å². The number of hydrogen-bond acceptors (Lipinski definition) is 4. The van der Waals surface area contributed by atoms with Gasteiger partial charge >= 0.3 is 0 Å². The highest BCUT2D eigenvalue weighted by Crippen LogP contribution is 2.23.